The Morgan fingerprint density at radius 2 is 1.80 bits per heavy atom. The van der Waals surface area contributed by atoms with Crippen molar-refractivity contribution in [3.63, 3.8) is 0 Å². The maximum atomic E-state index is 8.65. The molecule has 0 radical (unpaired) electrons. The minimum atomic E-state index is -3.54. The van der Waals surface area contributed by atoms with Gasteiger partial charge >= 0.3 is 45.6 Å². The molecule has 5 heteroatoms. The third kappa shape index (κ3) is 55.6. The van der Waals surface area contributed by atoms with Crippen LogP contribution in [-0.4, -0.2) is 18.7 Å². The molecule has 26 valence electrons. The predicted molar refractivity (Wildman–Crippen MR) is 8.66 cm³/mol. The molecule has 0 fully saturated rings. The predicted octanol–water partition coefficient (Wildman–Crippen LogP) is -5.24. The SMILES string of the molecule is O=[Se]([O-])O.[Li+]. The zero-order valence-corrected chi connectivity index (χ0v) is 4.39. The molecule has 0 aliphatic rings. The number of rotatable bonds is 0. The summed E-state index contributed by atoms with van der Waals surface area (Å²) in [6.45, 7) is 0. The van der Waals surface area contributed by atoms with Gasteiger partial charge in [-0.1, -0.05) is 0 Å². The normalized spacial score (nSPS) is 12.4. The zero-order valence-electron chi connectivity index (χ0n) is 2.67. The maximum Gasteiger partial charge on any atom is 1.00 e. The van der Waals surface area contributed by atoms with Crippen LogP contribution in [0.5, 0.6) is 0 Å². The summed E-state index contributed by atoms with van der Waals surface area (Å²) in [4.78, 5) is 0. The van der Waals surface area contributed by atoms with Gasteiger partial charge in [0.15, 0.2) is 0 Å². The Labute approximate surface area is 45.9 Å². The first-order valence-electron chi connectivity index (χ1n) is 0.516. The largest absolute Gasteiger partial charge is 1.00 e. The summed E-state index contributed by atoms with van der Waals surface area (Å²) in [5.41, 5.74) is 0. The van der Waals surface area contributed by atoms with E-state index in [1.807, 2.05) is 0 Å². The summed E-state index contributed by atoms with van der Waals surface area (Å²) < 4.78 is 24.4. The monoisotopic (exact) mass is 136 g/mol. The Hall–Kier alpha value is 0.837. The van der Waals surface area contributed by atoms with E-state index in [1.54, 1.807) is 0 Å². The Bertz CT molecular complexity index is 29.9. The van der Waals surface area contributed by atoms with Gasteiger partial charge in [-0.3, -0.25) is 0 Å². The molecule has 5 heavy (non-hydrogen) atoms. The molecule has 0 bridgehead atoms. The molecule has 0 aromatic heterocycles. The molecule has 3 nitrogen and oxygen atoms in total. The summed E-state index contributed by atoms with van der Waals surface area (Å²) in [6.07, 6.45) is 0. The summed E-state index contributed by atoms with van der Waals surface area (Å²) in [6, 6.07) is 0. The molecule has 0 aromatic rings. The summed E-state index contributed by atoms with van der Waals surface area (Å²) in [5.74, 6) is 0. The van der Waals surface area contributed by atoms with E-state index < -0.39 is 14.5 Å². The van der Waals surface area contributed by atoms with Crippen LogP contribution in [0.25, 0.3) is 0 Å². The second kappa shape index (κ2) is 4.84. The van der Waals surface area contributed by atoms with E-state index in [9.17, 15) is 0 Å². The van der Waals surface area contributed by atoms with Gasteiger partial charge in [-0.15, -0.1) is 0 Å². The third-order valence-electron chi connectivity index (χ3n) is 0. The fourth-order valence-electron chi connectivity index (χ4n) is 0. The van der Waals surface area contributed by atoms with Crippen LogP contribution < -0.4 is 23.0 Å². The summed E-state index contributed by atoms with van der Waals surface area (Å²) >= 11 is -3.54. The van der Waals surface area contributed by atoms with E-state index in [0.29, 0.717) is 0 Å². The number of hydrogen-bond donors (Lipinski definition) is 1. The third-order valence-corrected chi connectivity index (χ3v) is 0. The fourth-order valence-corrected chi connectivity index (χ4v) is 0. The molecule has 1 atom stereocenters. The van der Waals surface area contributed by atoms with Crippen molar-refractivity contribution in [1.29, 1.82) is 0 Å². The molecule has 1 N–H and O–H groups in total. The second-order valence-corrected chi connectivity index (χ2v) is 1.13. The fraction of sp³-hybridized carbons (Fsp3) is 0. The van der Waals surface area contributed by atoms with Crippen LogP contribution in [0.1, 0.15) is 0 Å². The van der Waals surface area contributed by atoms with E-state index in [1.165, 1.54) is 0 Å². The van der Waals surface area contributed by atoms with Gasteiger partial charge in [0.25, 0.3) is 0 Å². The van der Waals surface area contributed by atoms with Crippen LogP contribution >= 0.6 is 0 Å². The minimum absolute atomic E-state index is 0. The first-order chi connectivity index (χ1) is 1.73. The van der Waals surface area contributed by atoms with Crippen LogP contribution in [0.4, 0.5) is 0 Å². The topological polar surface area (TPSA) is 60.4 Å². The smallest absolute Gasteiger partial charge is 1.00 e. The zero-order chi connectivity index (χ0) is 3.58. The van der Waals surface area contributed by atoms with Crippen LogP contribution in [0, 0.1) is 0 Å². The van der Waals surface area contributed by atoms with E-state index >= 15 is 0 Å². The van der Waals surface area contributed by atoms with Gasteiger partial charge in [0.1, 0.15) is 0 Å². The number of hydrogen-bond acceptors (Lipinski definition) is 2. The molecule has 0 aliphatic heterocycles. The molecule has 0 saturated heterocycles. The van der Waals surface area contributed by atoms with Crippen LogP contribution in [0.2, 0.25) is 0 Å². The molecule has 0 rings (SSSR count). The Morgan fingerprint density at radius 1 is 1.80 bits per heavy atom. The quantitative estimate of drug-likeness (QED) is 0.337. The second-order valence-electron chi connectivity index (χ2n) is 0.217. The van der Waals surface area contributed by atoms with Gasteiger partial charge in [-0.05, 0) is 0 Å². The molecular weight excluding hydrogens is 134 g/mol. The Balaban J connectivity index is 0. The van der Waals surface area contributed by atoms with Gasteiger partial charge < -0.3 is 0 Å². The molecule has 0 heterocycles. The Morgan fingerprint density at radius 3 is 1.80 bits per heavy atom. The van der Waals surface area contributed by atoms with Crippen LogP contribution in [-0.2, 0) is 3.83 Å². The van der Waals surface area contributed by atoms with Crippen molar-refractivity contribution >= 4 is 14.5 Å². The molecule has 0 spiro atoms. The van der Waals surface area contributed by atoms with Crippen molar-refractivity contribution < 1.29 is 31.1 Å². The van der Waals surface area contributed by atoms with Gasteiger partial charge in [0.05, 0.1) is 0 Å². The minimum Gasteiger partial charge on any atom is 1.00 e. The molecule has 1 unspecified atom stereocenters. The van der Waals surface area contributed by atoms with Gasteiger partial charge in [-0.2, -0.15) is 0 Å². The molecular formula is HLiO3Se. The van der Waals surface area contributed by atoms with Crippen molar-refractivity contribution in [2.75, 3.05) is 0 Å². The van der Waals surface area contributed by atoms with E-state index in [2.05, 4.69) is 0 Å². The van der Waals surface area contributed by atoms with Crippen molar-refractivity contribution in [2.24, 2.45) is 0 Å². The van der Waals surface area contributed by atoms with Crippen molar-refractivity contribution in [1.82, 2.24) is 0 Å². The average Bonchev–Trinajstić information content (AvgIpc) is 0.811. The van der Waals surface area contributed by atoms with Crippen molar-refractivity contribution in [2.45, 2.75) is 0 Å². The van der Waals surface area contributed by atoms with Crippen LogP contribution in [0.15, 0.2) is 0 Å². The van der Waals surface area contributed by atoms with E-state index in [0.717, 1.165) is 0 Å². The molecule has 0 aliphatic carbocycles. The van der Waals surface area contributed by atoms with Gasteiger partial charge in [0, 0.05) is 0 Å². The summed E-state index contributed by atoms with van der Waals surface area (Å²) in [7, 11) is 0. The van der Waals surface area contributed by atoms with E-state index in [-0.39, 0.29) is 18.9 Å². The first-order valence-corrected chi connectivity index (χ1v) is 2.68. The standard InChI is InChI=1S/Li.H2O3Se/c;1-4(2)3/h;(H2,1,2,3)/q+1;/p-1. The summed E-state index contributed by atoms with van der Waals surface area (Å²) in [5, 5.41) is 0. The van der Waals surface area contributed by atoms with Crippen molar-refractivity contribution in [3.8, 4) is 0 Å². The van der Waals surface area contributed by atoms with Gasteiger partial charge in [0.2, 0.25) is 0 Å². The average molecular weight is 135 g/mol. The van der Waals surface area contributed by atoms with Gasteiger partial charge in [-0.25, -0.2) is 0 Å². The Kier molecular flexibility index (Phi) is 8.97. The maximum absolute atomic E-state index is 8.65. The molecule has 0 amide bonds. The van der Waals surface area contributed by atoms with Crippen molar-refractivity contribution in [3.05, 3.63) is 0 Å². The molecule has 0 aromatic carbocycles. The first kappa shape index (κ1) is 9.28. The molecule has 0 saturated carbocycles. The van der Waals surface area contributed by atoms with Crippen LogP contribution in [0.3, 0.4) is 0 Å². The van der Waals surface area contributed by atoms with E-state index in [4.69, 9.17) is 12.2 Å².